The number of alkyl halides is 6. The summed E-state index contributed by atoms with van der Waals surface area (Å²) >= 11 is 0. The van der Waals surface area contributed by atoms with Crippen LogP contribution in [0.2, 0.25) is 0 Å². The third-order valence-corrected chi connectivity index (χ3v) is 5.28. The fraction of sp³-hybridized carbons (Fsp3) is 1.00. The van der Waals surface area contributed by atoms with Gasteiger partial charge in [-0.25, -0.2) is 16.8 Å². The number of hydrogen-bond donors (Lipinski definition) is 0. The number of halogens is 6. The van der Waals surface area contributed by atoms with Gasteiger partial charge in [0.1, 0.15) is 6.54 Å². The van der Waals surface area contributed by atoms with E-state index in [1.807, 2.05) is 0 Å². The van der Waals surface area contributed by atoms with Crippen LogP contribution in [-0.4, -0.2) is 73.2 Å². The van der Waals surface area contributed by atoms with E-state index in [4.69, 9.17) is 4.74 Å². The van der Waals surface area contributed by atoms with E-state index in [1.165, 1.54) is 6.54 Å². The first-order chi connectivity index (χ1) is 10.3. The van der Waals surface area contributed by atoms with Gasteiger partial charge in [-0.1, -0.05) is 0 Å². The minimum atomic E-state index is -6.72. The molecule has 0 bridgehead atoms. The van der Waals surface area contributed by atoms with Crippen LogP contribution in [-0.2, 0) is 24.8 Å². The van der Waals surface area contributed by atoms with Gasteiger partial charge in [-0.15, -0.1) is 0 Å². The van der Waals surface area contributed by atoms with E-state index < -0.39 is 31.1 Å². The molecule has 0 saturated heterocycles. The Balaban J connectivity index is 0. The van der Waals surface area contributed by atoms with Crippen molar-refractivity contribution in [3.63, 3.8) is 0 Å². The average molecular weight is 412 g/mol. The lowest BCUT2D eigenvalue weighted by Gasteiger charge is -2.27. The number of hydrogen-bond acceptors (Lipinski definition) is 5. The molecule has 0 aliphatic rings. The summed E-state index contributed by atoms with van der Waals surface area (Å²) in [4.78, 5) is 0. The highest BCUT2D eigenvalue weighted by Gasteiger charge is 2.46. The molecule has 0 saturated carbocycles. The van der Waals surface area contributed by atoms with E-state index in [1.54, 1.807) is 7.11 Å². The highest BCUT2D eigenvalue weighted by molar-refractivity contribution is 8.13. The van der Waals surface area contributed by atoms with E-state index in [9.17, 15) is 43.2 Å². The predicted octanol–water partition coefficient (Wildman–Crippen LogP) is 1.79. The van der Waals surface area contributed by atoms with Crippen LogP contribution in [0, 0.1) is 0 Å². The average Bonchev–Trinajstić information content (AvgIpc) is 2.33. The lowest BCUT2D eigenvalue weighted by molar-refractivity contribution is -0.888. The van der Waals surface area contributed by atoms with Gasteiger partial charge >= 0.3 is 11.0 Å². The Labute approximate surface area is 136 Å². The van der Waals surface area contributed by atoms with Crippen LogP contribution in [0.4, 0.5) is 26.3 Å². The SMILES string of the molecule is CC[N+](C)(C)CCOC.O=S(=O)([N-]S(=O)(=O)C(F)(F)F)C(F)(F)F. The molecule has 0 radical (unpaired) electrons. The van der Waals surface area contributed by atoms with Gasteiger partial charge in [-0.05, 0) is 6.92 Å². The Bertz CT molecular complexity index is 541. The number of likely N-dealkylation sites (N-methyl/N-ethyl adjacent to an activating group) is 1. The molecular weight excluding hydrogens is 394 g/mol. The van der Waals surface area contributed by atoms with Gasteiger partial charge in [0.05, 0.1) is 27.2 Å². The van der Waals surface area contributed by atoms with E-state index >= 15 is 0 Å². The third kappa shape index (κ3) is 9.00. The standard InChI is InChI=1S/C7H18NO.C2F6NO4S2/c1-5-8(2,3)6-7-9-4;3-1(4,5)14(10,11)9-15(12,13)2(6,7)8/h5-7H2,1-4H3;/q+1;-1. The van der Waals surface area contributed by atoms with Crippen LogP contribution in [0.5, 0.6) is 0 Å². The largest absolute Gasteiger partial charge is 0.480 e. The quantitative estimate of drug-likeness (QED) is 0.490. The minimum absolute atomic E-state index is 0.778. The van der Waals surface area contributed by atoms with Crippen molar-refractivity contribution in [2.24, 2.45) is 0 Å². The molecule has 0 aromatic heterocycles. The van der Waals surface area contributed by atoms with Crippen molar-refractivity contribution in [3.8, 4) is 0 Å². The molecule has 7 nitrogen and oxygen atoms in total. The van der Waals surface area contributed by atoms with Crippen LogP contribution in [0.25, 0.3) is 4.13 Å². The van der Waals surface area contributed by atoms with Crippen LogP contribution >= 0.6 is 0 Å². The second-order valence-corrected chi connectivity index (χ2v) is 8.31. The van der Waals surface area contributed by atoms with Crippen LogP contribution in [0.3, 0.4) is 0 Å². The molecule has 0 atom stereocenters. The van der Waals surface area contributed by atoms with Gasteiger partial charge in [0.25, 0.3) is 0 Å². The zero-order valence-corrected chi connectivity index (χ0v) is 14.8. The van der Waals surface area contributed by atoms with E-state index in [0.717, 1.165) is 21.8 Å². The van der Waals surface area contributed by atoms with Crippen molar-refractivity contribution in [2.45, 2.75) is 17.9 Å². The molecule has 15 heteroatoms. The number of quaternary nitrogens is 1. The fourth-order valence-electron chi connectivity index (χ4n) is 0.710. The first-order valence-corrected chi connectivity index (χ1v) is 8.88. The molecular formula is C9H18F6N2O5S2. The van der Waals surface area contributed by atoms with Crippen LogP contribution in [0.1, 0.15) is 6.92 Å². The van der Waals surface area contributed by atoms with Gasteiger partial charge in [0.2, 0.25) is 0 Å². The van der Waals surface area contributed by atoms with Crippen molar-refractivity contribution in [3.05, 3.63) is 4.13 Å². The Morgan fingerprint density at radius 2 is 1.25 bits per heavy atom. The van der Waals surface area contributed by atoms with E-state index in [0.29, 0.717) is 0 Å². The summed E-state index contributed by atoms with van der Waals surface area (Å²) in [6.07, 6.45) is 0. The van der Waals surface area contributed by atoms with E-state index in [-0.39, 0.29) is 0 Å². The molecule has 0 aliphatic carbocycles. The van der Waals surface area contributed by atoms with Gasteiger partial charge in [-0.3, -0.25) is 0 Å². The summed E-state index contributed by atoms with van der Waals surface area (Å²) in [5, 5.41) is 0. The maximum Gasteiger partial charge on any atom is 0.480 e. The predicted molar refractivity (Wildman–Crippen MR) is 72.7 cm³/mol. The molecule has 0 N–H and O–H groups in total. The maximum atomic E-state index is 11.4. The first kappa shape index (κ1) is 25.6. The molecule has 0 unspecified atom stereocenters. The van der Waals surface area contributed by atoms with Gasteiger partial charge in [0, 0.05) is 7.11 Å². The summed E-state index contributed by atoms with van der Waals surface area (Å²) < 4.78 is 115. The summed E-state index contributed by atoms with van der Waals surface area (Å²) in [5.41, 5.74) is -12.4. The molecule has 0 aliphatic heterocycles. The number of rotatable bonds is 6. The van der Waals surface area contributed by atoms with Crippen molar-refractivity contribution in [2.75, 3.05) is 40.9 Å². The molecule has 0 amide bonds. The summed E-state index contributed by atoms with van der Waals surface area (Å²) in [7, 11) is -7.28. The smallest absolute Gasteiger partial charge is 0.421 e. The van der Waals surface area contributed by atoms with Crippen molar-refractivity contribution < 1.29 is 52.4 Å². The molecule has 0 heterocycles. The Morgan fingerprint density at radius 3 is 1.46 bits per heavy atom. The summed E-state index contributed by atoms with van der Waals surface area (Å²) in [6.45, 7) is 5.33. The van der Waals surface area contributed by atoms with Crippen molar-refractivity contribution in [1.29, 1.82) is 0 Å². The van der Waals surface area contributed by atoms with Crippen LogP contribution in [0.15, 0.2) is 0 Å². The Kier molecular flexibility index (Phi) is 9.22. The molecule has 24 heavy (non-hydrogen) atoms. The maximum absolute atomic E-state index is 11.4. The lowest BCUT2D eigenvalue weighted by Crippen LogP contribution is -2.41. The molecule has 0 aromatic rings. The number of methoxy groups -OCH3 is 1. The minimum Gasteiger partial charge on any atom is -0.421 e. The molecule has 0 rings (SSSR count). The third-order valence-electron chi connectivity index (χ3n) is 2.54. The zero-order chi connectivity index (χ0) is 20.0. The normalized spacial score (nSPS) is 14.1. The Morgan fingerprint density at radius 1 is 0.917 bits per heavy atom. The van der Waals surface area contributed by atoms with Crippen molar-refractivity contribution >= 4 is 20.0 Å². The monoisotopic (exact) mass is 412 g/mol. The number of ether oxygens (including phenoxy) is 1. The fourth-order valence-corrected chi connectivity index (χ4v) is 2.42. The summed E-state index contributed by atoms with van der Waals surface area (Å²) in [5.74, 6) is 0. The lowest BCUT2D eigenvalue weighted by atomic mass is 10.4. The van der Waals surface area contributed by atoms with Gasteiger partial charge in [-0.2, -0.15) is 26.3 Å². The number of nitrogens with zero attached hydrogens (tertiary/aromatic N) is 2. The van der Waals surface area contributed by atoms with Crippen molar-refractivity contribution in [1.82, 2.24) is 0 Å². The molecule has 0 spiro atoms. The second kappa shape index (κ2) is 8.64. The van der Waals surface area contributed by atoms with E-state index in [2.05, 4.69) is 21.0 Å². The highest BCUT2D eigenvalue weighted by Crippen LogP contribution is 2.36. The van der Waals surface area contributed by atoms with Gasteiger partial charge < -0.3 is 13.3 Å². The second-order valence-electron chi connectivity index (χ2n) is 4.88. The zero-order valence-electron chi connectivity index (χ0n) is 13.1. The number of sulfonamides is 2. The highest BCUT2D eigenvalue weighted by atomic mass is 32.3. The molecule has 0 aromatic carbocycles. The Hall–Kier alpha value is -0.640. The van der Waals surface area contributed by atoms with Crippen LogP contribution < -0.4 is 0 Å². The molecule has 148 valence electrons. The topological polar surface area (TPSA) is 91.6 Å². The summed E-state index contributed by atoms with van der Waals surface area (Å²) in [6, 6.07) is 0. The first-order valence-electron chi connectivity index (χ1n) is 6.00. The molecule has 0 fully saturated rings. The van der Waals surface area contributed by atoms with Gasteiger partial charge in [0.15, 0.2) is 20.0 Å².